The molecule has 1 atom stereocenters. The van der Waals surface area contributed by atoms with Gasteiger partial charge in [-0.2, -0.15) is 0 Å². The molecule has 0 radical (unpaired) electrons. The van der Waals surface area contributed by atoms with Crippen molar-refractivity contribution in [3.05, 3.63) is 29.8 Å². The molecule has 0 aliphatic carbocycles. The van der Waals surface area contributed by atoms with Gasteiger partial charge in [0.1, 0.15) is 11.3 Å². The Morgan fingerprint density at radius 3 is 2.52 bits per heavy atom. The first-order valence-electron chi connectivity index (χ1n) is 7.66. The molecule has 21 heavy (non-hydrogen) atoms. The number of nitrogens with one attached hydrogen (secondary N) is 1. The summed E-state index contributed by atoms with van der Waals surface area (Å²) < 4.78 is 5.65. The van der Waals surface area contributed by atoms with E-state index in [1.54, 1.807) is 6.92 Å². The number of rotatable bonds is 10. The number of ether oxygens (including phenoxy) is 1. The van der Waals surface area contributed by atoms with Crippen molar-refractivity contribution in [1.82, 2.24) is 5.32 Å². The quantitative estimate of drug-likeness (QED) is 0.649. The third-order valence-corrected chi connectivity index (χ3v) is 3.60. The van der Waals surface area contributed by atoms with Crippen LogP contribution in [0.5, 0.6) is 5.75 Å². The maximum Gasteiger partial charge on any atom is 0.323 e. The highest BCUT2D eigenvalue weighted by Crippen LogP contribution is 2.16. The zero-order chi connectivity index (χ0) is 15.7. The molecule has 0 heterocycles. The normalized spacial score (nSPS) is 13.7. The van der Waals surface area contributed by atoms with Crippen LogP contribution in [0.2, 0.25) is 0 Å². The van der Waals surface area contributed by atoms with Gasteiger partial charge < -0.3 is 15.2 Å². The fraction of sp³-hybridized carbons (Fsp3) is 0.588. The summed E-state index contributed by atoms with van der Waals surface area (Å²) in [6.45, 7) is 7.17. The van der Waals surface area contributed by atoms with Crippen molar-refractivity contribution >= 4 is 5.97 Å². The molecule has 0 aliphatic heterocycles. The Balaban J connectivity index is 2.28. The van der Waals surface area contributed by atoms with Gasteiger partial charge in [0.25, 0.3) is 0 Å². The van der Waals surface area contributed by atoms with Crippen LogP contribution in [-0.4, -0.2) is 29.8 Å². The fourth-order valence-electron chi connectivity index (χ4n) is 2.08. The Bertz CT molecular complexity index is 430. The van der Waals surface area contributed by atoms with E-state index in [0.717, 1.165) is 31.6 Å². The predicted octanol–water partition coefficient (Wildman–Crippen LogP) is 3.39. The molecule has 0 fully saturated rings. The Kier molecular flexibility index (Phi) is 7.23. The fourth-order valence-corrected chi connectivity index (χ4v) is 2.08. The maximum absolute atomic E-state index is 11.4. The molecular weight excluding hydrogens is 266 g/mol. The average molecular weight is 293 g/mol. The second-order valence-electron chi connectivity index (χ2n) is 5.68. The van der Waals surface area contributed by atoms with Gasteiger partial charge in [-0.05, 0) is 58.2 Å². The van der Waals surface area contributed by atoms with Crippen molar-refractivity contribution in [3.8, 4) is 5.75 Å². The predicted molar refractivity (Wildman–Crippen MR) is 84.9 cm³/mol. The smallest absolute Gasteiger partial charge is 0.323 e. The number of benzene rings is 1. The van der Waals surface area contributed by atoms with Crippen LogP contribution >= 0.6 is 0 Å². The van der Waals surface area contributed by atoms with E-state index in [1.165, 1.54) is 5.56 Å². The van der Waals surface area contributed by atoms with Crippen molar-refractivity contribution < 1.29 is 14.6 Å². The van der Waals surface area contributed by atoms with Gasteiger partial charge in [0, 0.05) is 0 Å². The minimum atomic E-state index is -0.833. The standard InChI is InChI=1S/C17H27NO3/c1-4-12-18-17(3,16(19)20)11-5-6-13-21-15-9-7-14(2)8-10-15/h7-10,18H,4-6,11-13H2,1-3H3,(H,19,20). The van der Waals surface area contributed by atoms with Crippen molar-refractivity contribution in [2.24, 2.45) is 0 Å². The third-order valence-electron chi connectivity index (χ3n) is 3.60. The first-order valence-corrected chi connectivity index (χ1v) is 7.66. The van der Waals surface area contributed by atoms with E-state index in [1.807, 2.05) is 38.1 Å². The molecule has 0 bridgehead atoms. The lowest BCUT2D eigenvalue weighted by Gasteiger charge is -2.26. The van der Waals surface area contributed by atoms with Gasteiger partial charge in [-0.3, -0.25) is 4.79 Å². The molecule has 1 rings (SSSR count). The van der Waals surface area contributed by atoms with Crippen molar-refractivity contribution in [2.45, 2.75) is 52.0 Å². The SMILES string of the molecule is CCCNC(C)(CCCCOc1ccc(C)cc1)C(=O)O. The van der Waals surface area contributed by atoms with Crippen LogP contribution in [-0.2, 0) is 4.79 Å². The molecule has 1 aromatic rings. The Morgan fingerprint density at radius 2 is 1.95 bits per heavy atom. The van der Waals surface area contributed by atoms with E-state index in [0.29, 0.717) is 13.0 Å². The van der Waals surface area contributed by atoms with Crippen LogP contribution in [0.25, 0.3) is 0 Å². The number of unbranched alkanes of at least 4 members (excludes halogenated alkanes) is 1. The van der Waals surface area contributed by atoms with E-state index in [4.69, 9.17) is 4.74 Å². The van der Waals surface area contributed by atoms with Crippen LogP contribution in [0.1, 0.15) is 45.1 Å². The van der Waals surface area contributed by atoms with Gasteiger partial charge in [-0.15, -0.1) is 0 Å². The minimum absolute atomic E-state index is 0.611. The van der Waals surface area contributed by atoms with Gasteiger partial charge >= 0.3 is 5.97 Å². The highest BCUT2D eigenvalue weighted by Gasteiger charge is 2.31. The average Bonchev–Trinajstić information content (AvgIpc) is 2.46. The molecule has 0 aromatic heterocycles. The highest BCUT2D eigenvalue weighted by atomic mass is 16.5. The number of carboxylic acids is 1. The molecule has 0 spiro atoms. The molecule has 0 saturated heterocycles. The molecule has 1 unspecified atom stereocenters. The first kappa shape index (κ1) is 17.5. The molecule has 4 nitrogen and oxygen atoms in total. The molecule has 118 valence electrons. The third kappa shape index (κ3) is 6.17. The van der Waals surface area contributed by atoms with Crippen molar-refractivity contribution in [1.29, 1.82) is 0 Å². The summed E-state index contributed by atoms with van der Waals surface area (Å²) in [5, 5.41) is 12.4. The van der Waals surface area contributed by atoms with E-state index >= 15 is 0 Å². The van der Waals surface area contributed by atoms with Gasteiger partial charge in [0.15, 0.2) is 0 Å². The lowest BCUT2D eigenvalue weighted by molar-refractivity contribution is -0.144. The second kappa shape index (κ2) is 8.67. The van der Waals surface area contributed by atoms with E-state index in [2.05, 4.69) is 5.32 Å². The maximum atomic E-state index is 11.4. The Hall–Kier alpha value is -1.55. The Labute approximate surface area is 127 Å². The Morgan fingerprint density at radius 1 is 1.29 bits per heavy atom. The zero-order valence-corrected chi connectivity index (χ0v) is 13.3. The van der Waals surface area contributed by atoms with Crippen LogP contribution in [0.15, 0.2) is 24.3 Å². The molecule has 0 amide bonds. The number of hydrogen-bond donors (Lipinski definition) is 2. The highest BCUT2D eigenvalue weighted by molar-refractivity contribution is 5.78. The molecule has 0 saturated carbocycles. The van der Waals surface area contributed by atoms with Gasteiger partial charge in [0.05, 0.1) is 6.61 Å². The van der Waals surface area contributed by atoms with Crippen molar-refractivity contribution in [3.63, 3.8) is 0 Å². The summed E-state index contributed by atoms with van der Waals surface area (Å²) >= 11 is 0. The summed E-state index contributed by atoms with van der Waals surface area (Å²) in [4.78, 5) is 11.4. The minimum Gasteiger partial charge on any atom is -0.494 e. The van der Waals surface area contributed by atoms with E-state index < -0.39 is 11.5 Å². The van der Waals surface area contributed by atoms with Crippen LogP contribution in [0, 0.1) is 6.92 Å². The number of aryl methyl sites for hydroxylation is 1. The summed E-state index contributed by atoms with van der Waals surface area (Å²) in [6, 6.07) is 7.95. The second-order valence-corrected chi connectivity index (χ2v) is 5.68. The van der Waals surface area contributed by atoms with Crippen molar-refractivity contribution in [2.75, 3.05) is 13.2 Å². The molecular formula is C17H27NO3. The zero-order valence-electron chi connectivity index (χ0n) is 13.3. The summed E-state index contributed by atoms with van der Waals surface area (Å²) in [7, 11) is 0. The van der Waals surface area contributed by atoms with E-state index in [-0.39, 0.29) is 0 Å². The van der Waals surface area contributed by atoms with E-state index in [9.17, 15) is 9.90 Å². The number of aliphatic carboxylic acids is 1. The number of carboxylic acid groups (broad SMARTS) is 1. The van der Waals surface area contributed by atoms with Crippen LogP contribution in [0.3, 0.4) is 0 Å². The topological polar surface area (TPSA) is 58.6 Å². The number of hydrogen-bond acceptors (Lipinski definition) is 3. The van der Waals surface area contributed by atoms with Crippen LogP contribution < -0.4 is 10.1 Å². The monoisotopic (exact) mass is 293 g/mol. The molecule has 0 aliphatic rings. The summed E-state index contributed by atoms with van der Waals surface area (Å²) in [5.74, 6) is 0.0844. The molecule has 1 aromatic carbocycles. The largest absolute Gasteiger partial charge is 0.494 e. The first-order chi connectivity index (χ1) is 9.98. The summed E-state index contributed by atoms with van der Waals surface area (Å²) in [6.07, 6.45) is 3.22. The van der Waals surface area contributed by atoms with Gasteiger partial charge in [0.2, 0.25) is 0 Å². The van der Waals surface area contributed by atoms with Gasteiger partial charge in [-0.25, -0.2) is 0 Å². The molecule has 2 N–H and O–H groups in total. The number of carbonyl (C=O) groups is 1. The lowest BCUT2D eigenvalue weighted by atomic mass is 9.95. The summed E-state index contributed by atoms with van der Waals surface area (Å²) in [5.41, 5.74) is 0.376. The lowest BCUT2D eigenvalue weighted by Crippen LogP contribution is -2.49. The molecule has 4 heteroatoms. The van der Waals surface area contributed by atoms with Crippen LogP contribution in [0.4, 0.5) is 0 Å². The van der Waals surface area contributed by atoms with Gasteiger partial charge in [-0.1, -0.05) is 24.6 Å².